The number of aliphatic hydroxyl groups excluding tert-OH is 1. The van der Waals surface area contributed by atoms with Crippen LogP contribution in [-0.2, 0) is 19.6 Å². The van der Waals surface area contributed by atoms with E-state index in [1.807, 2.05) is 73.7 Å². The van der Waals surface area contributed by atoms with Gasteiger partial charge < -0.3 is 45.3 Å². The molecule has 2 aromatic heterocycles. The number of carbonyl (C=O) groups excluding carboxylic acids is 1. The summed E-state index contributed by atoms with van der Waals surface area (Å²) in [4.78, 5) is 21.9. The van der Waals surface area contributed by atoms with Crippen LogP contribution in [0.5, 0.6) is 11.6 Å². The molecule has 6 rings (SSSR count). The van der Waals surface area contributed by atoms with Gasteiger partial charge in [0, 0.05) is 70.7 Å². The number of anilines is 4. The van der Waals surface area contributed by atoms with Gasteiger partial charge in [-0.15, -0.1) is 6.42 Å². The Kier molecular flexibility index (Phi) is 14.1. The van der Waals surface area contributed by atoms with E-state index in [9.17, 15) is 9.90 Å². The van der Waals surface area contributed by atoms with E-state index in [0.717, 1.165) is 27.7 Å². The van der Waals surface area contributed by atoms with Gasteiger partial charge in [-0.2, -0.15) is 10.1 Å². The number of aryl methyl sites for hydroxylation is 1. The third kappa shape index (κ3) is 11.6. The van der Waals surface area contributed by atoms with Crippen LogP contribution >= 0.6 is 0 Å². The number of amides is 1. The zero-order valence-electron chi connectivity index (χ0n) is 33.9. The molecule has 0 aliphatic rings. The molecule has 0 radical (unpaired) electrons. The Morgan fingerprint density at radius 2 is 1.64 bits per heavy atom. The first-order chi connectivity index (χ1) is 28.5. The SMILES string of the molecule is C#Cc1cc(Nc2nccc(Oc3ccc(NC(O)Nc4cc(C(C)(C)C)nn4-c4ccc(C)cc4)c4ccccc34)n2)cc(C(=O)NCCOCCOCCOC)c1. The second-order valence-electron chi connectivity index (χ2n) is 14.6. The van der Waals surface area contributed by atoms with Crippen LogP contribution < -0.4 is 26.0 Å². The number of benzene rings is 4. The summed E-state index contributed by atoms with van der Waals surface area (Å²) in [6.45, 7) is 10.9. The minimum absolute atomic E-state index is 0.205. The summed E-state index contributed by atoms with van der Waals surface area (Å²) < 4.78 is 23.9. The Balaban J connectivity index is 1.12. The monoisotopic (exact) mass is 798 g/mol. The fourth-order valence-electron chi connectivity index (χ4n) is 5.96. The van der Waals surface area contributed by atoms with E-state index >= 15 is 0 Å². The average Bonchev–Trinajstić information content (AvgIpc) is 3.65. The Hall–Kier alpha value is -6.50. The van der Waals surface area contributed by atoms with Crippen LogP contribution in [-0.4, -0.2) is 83.8 Å². The molecule has 0 saturated carbocycles. The lowest BCUT2D eigenvalue weighted by molar-refractivity contribution is 0.0255. The number of methoxy groups -OCH3 is 1. The normalized spacial score (nSPS) is 11.8. The van der Waals surface area contributed by atoms with Crippen LogP contribution in [0.4, 0.5) is 23.1 Å². The van der Waals surface area contributed by atoms with Crippen LogP contribution in [0.15, 0.2) is 97.2 Å². The zero-order valence-corrected chi connectivity index (χ0v) is 33.9. The molecule has 0 saturated heterocycles. The van der Waals surface area contributed by atoms with Gasteiger partial charge in [-0.3, -0.25) is 4.79 Å². The van der Waals surface area contributed by atoms with E-state index in [4.69, 9.17) is 30.5 Å². The molecule has 5 N–H and O–H groups in total. The Morgan fingerprint density at radius 1 is 0.898 bits per heavy atom. The van der Waals surface area contributed by atoms with Gasteiger partial charge in [0.15, 0.2) is 0 Å². The summed E-state index contributed by atoms with van der Waals surface area (Å²) in [5.74, 6) is 3.99. The molecule has 2 heterocycles. The molecule has 306 valence electrons. The highest BCUT2D eigenvalue weighted by atomic mass is 16.5. The van der Waals surface area contributed by atoms with Crippen molar-refractivity contribution in [3.8, 4) is 29.7 Å². The lowest BCUT2D eigenvalue weighted by Gasteiger charge is -2.20. The maximum atomic E-state index is 13.0. The third-order valence-electron chi connectivity index (χ3n) is 9.02. The lowest BCUT2D eigenvalue weighted by Crippen LogP contribution is -2.29. The van der Waals surface area contributed by atoms with Crippen molar-refractivity contribution < 1.29 is 28.8 Å². The van der Waals surface area contributed by atoms with Crippen molar-refractivity contribution in [3.05, 3.63) is 120 Å². The minimum atomic E-state index is -1.16. The molecule has 0 aliphatic heterocycles. The fraction of sp³-hybridized carbons (Fsp3) is 0.289. The van der Waals surface area contributed by atoms with Crippen molar-refractivity contribution in [1.29, 1.82) is 0 Å². The van der Waals surface area contributed by atoms with Crippen molar-refractivity contribution >= 4 is 39.8 Å². The number of nitrogens with one attached hydrogen (secondary N) is 4. The Morgan fingerprint density at radius 3 is 2.39 bits per heavy atom. The second kappa shape index (κ2) is 19.8. The van der Waals surface area contributed by atoms with Crippen molar-refractivity contribution in [3.63, 3.8) is 0 Å². The molecule has 1 atom stereocenters. The summed E-state index contributed by atoms with van der Waals surface area (Å²) in [5, 5.41) is 30.2. The lowest BCUT2D eigenvalue weighted by atomic mass is 9.92. The number of fused-ring (bicyclic) bond motifs is 1. The predicted octanol–water partition coefficient (Wildman–Crippen LogP) is 7.15. The first-order valence-corrected chi connectivity index (χ1v) is 19.2. The number of nitrogens with zero attached hydrogens (tertiary/aromatic N) is 4. The number of aliphatic hydroxyl groups is 1. The van der Waals surface area contributed by atoms with E-state index in [1.165, 1.54) is 0 Å². The van der Waals surface area contributed by atoms with Gasteiger partial charge in [-0.25, -0.2) is 9.67 Å². The van der Waals surface area contributed by atoms with Crippen LogP contribution in [0.25, 0.3) is 16.5 Å². The van der Waals surface area contributed by atoms with Crippen LogP contribution in [0.2, 0.25) is 0 Å². The van der Waals surface area contributed by atoms with Gasteiger partial charge in [-0.05, 0) is 49.4 Å². The molecule has 0 aliphatic carbocycles. The largest absolute Gasteiger partial charge is 0.438 e. The maximum Gasteiger partial charge on any atom is 0.251 e. The van der Waals surface area contributed by atoms with Crippen LogP contribution in [0, 0.1) is 19.3 Å². The first-order valence-electron chi connectivity index (χ1n) is 19.2. The predicted molar refractivity (Wildman–Crippen MR) is 230 cm³/mol. The molecule has 14 heteroatoms. The first kappa shape index (κ1) is 42.1. The highest BCUT2D eigenvalue weighted by Gasteiger charge is 2.22. The van der Waals surface area contributed by atoms with E-state index < -0.39 is 6.35 Å². The second-order valence-corrected chi connectivity index (χ2v) is 14.6. The zero-order chi connectivity index (χ0) is 41.8. The topological polar surface area (TPSA) is 166 Å². The molecule has 1 unspecified atom stereocenters. The quantitative estimate of drug-likeness (QED) is 0.0320. The smallest absolute Gasteiger partial charge is 0.251 e. The standard InChI is InChI=1S/C45H50N8O6/c1-7-31-26-32(42(54)46-20-21-57-24-25-58-23-22-56-6)28-33(27-31)48-43-47-19-18-41(51-43)59-38-17-16-37(35-10-8-9-11-36(35)38)49-44(55)50-40-29-39(45(3,4)5)52-53(40)34-14-12-30(2)13-15-34/h1,8-19,26-29,44,49-50,55H,20-25H2,2-6H3,(H,46,54)(H,47,48,51). The number of terminal acetylenes is 1. The van der Waals surface area contributed by atoms with Gasteiger partial charge in [0.1, 0.15) is 11.6 Å². The number of rotatable bonds is 19. The van der Waals surface area contributed by atoms with Crippen LogP contribution in [0.3, 0.4) is 0 Å². The van der Waals surface area contributed by atoms with E-state index in [2.05, 4.69) is 57.9 Å². The fourth-order valence-corrected chi connectivity index (χ4v) is 5.96. The molecular weight excluding hydrogens is 749 g/mol. The van der Waals surface area contributed by atoms with Gasteiger partial charge in [0.05, 0.1) is 44.4 Å². The average molecular weight is 799 g/mol. The van der Waals surface area contributed by atoms with Gasteiger partial charge in [0.2, 0.25) is 18.2 Å². The molecule has 0 fully saturated rings. The number of carbonyl (C=O) groups is 1. The number of hydrogen-bond acceptors (Lipinski definition) is 12. The van der Waals surface area contributed by atoms with E-state index in [0.29, 0.717) is 73.6 Å². The van der Waals surface area contributed by atoms with Crippen molar-refractivity contribution in [2.75, 3.05) is 62.6 Å². The number of hydrogen-bond donors (Lipinski definition) is 5. The van der Waals surface area contributed by atoms with Crippen molar-refractivity contribution in [1.82, 2.24) is 25.1 Å². The highest BCUT2D eigenvalue weighted by molar-refractivity contribution is 5.98. The summed E-state index contributed by atoms with van der Waals surface area (Å²) in [5.41, 5.74) is 4.77. The maximum absolute atomic E-state index is 13.0. The van der Waals surface area contributed by atoms with Gasteiger partial charge in [-0.1, -0.05) is 68.7 Å². The summed E-state index contributed by atoms with van der Waals surface area (Å²) >= 11 is 0. The summed E-state index contributed by atoms with van der Waals surface area (Å²) in [6.07, 6.45) is 6.13. The Labute approximate surface area is 344 Å². The summed E-state index contributed by atoms with van der Waals surface area (Å²) in [7, 11) is 1.62. The van der Waals surface area contributed by atoms with Gasteiger partial charge in [0.25, 0.3) is 5.91 Å². The number of ether oxygens (including phenoxy) is 4. The minimum Gasteiger partial charge on any atom is -0.438 e. The molecule has 0 spiro atoms. The van der Waals surface area contributed by atoms with Crippen molar-refractivity contribution in [2.24, 2.45) is 0 Å². The molecule has 59 heavy (non-hydrogen) atoms. The van der Waals surface area contributed by atoms with E-state index in [-0.39, 0.29) is 23.2 Å². The Bertz CT molecular complexity index is 2390. The van der Waals surface area contributed by atoms with Gasteiger partial charge >= 0.3 is 0 Å². The highest BCUT2D eigenvalue weighted by Crippen LogP contribution is 2.35. The molecule has 1 amide bonds. The third-order valence-corrected chi connectivity index (χ3v) is 9.02. The molecule has 4 aromatic carbocycles. The molecule has 0 bridgehead atoms. The van der Waals surface area contributed by atoms with E-state index in [1.54, 1.807) is 42.3 Å². The molecular formula is C45H50N8O6. The van der Waals surface area contributed by atoms with Crippen molar-refractivity contribution in [2.45, 2.75) is 39.5 Å². The number of aromatic nitrogens is 4. The summed E-state index contributed by atoms with van der Waals surface area (Å²) in [6, 6.07) is 28.0. The van der Waals surface area contributed by atoms with Crippen LogP contribution in [0.1, 0.15) is 48.0 Å². The molecule has 14 nitrogen and oxygen atoms in total. The molecule has 6 aromatic rings.